The Bertz CT molecular complexity index is 674. The Labute approximate surface area is 153 Å². The first kappa shape index (κ1) is 18.2. The van der Waals surface area contributed by atoms with Gasteiger partial charge in [-0.3, -0.25) is 19.8 Å². The molecule has 0 aliphatic carbocycles. The molecule has 9 heteroatoms. The molecule has 0 atom stereocenters. The number of halogens is 2. The van der Waals surface area contributed by atoms with Crippen LogP contribution in [0.5, 0.6) is 0 Å². The molecule has 1 amide bonds. The quantitative estimate of drug-likeness (QED) is 0.559. The van der Waals surface area contributed by atoms with E-state index in [9.17, 15) is 19.3 Å². The van der Waals surface area contributed by atoms with Gasteiger partial charge in [-0.2, -0.15) is 4.39 Å². The van der Waals surface area contributed by atoms with Gasteiger partial charge in [-0.1, -0.05) is 15.9 Å². The number of hydrogen-bond donors (Lipinski definition) is 0. The number of ether oxygens (including phenoxy) is 1. The summed E-state index contributed by atoms with van der Waals surface area (Å²) in [5.74, 6) is -1.57. The first-order valence-corrected chi connectivity index (χ1v) is 9.01. The van der Waals surface area contributed by atoms with Gasteiger partial charge in [0, 0.05) is 42.8 Å². The van der Waals surface area contributed by atoms with Crippen molar-refractivity contribution in [2.45, 2.75) is 18.9 Å². The van der Waals surface area contributed by atoms with Gasteiger partial charge in [0.25, 0.3) is 5.91 Å². The van der Waals surface area contributed by atoms with E-state index in [-0.39, 0.29) is 5.56 Å². The number of likely N-dealkylation sites (tertiary alicyclic amines) is 1. The fraction of sp³-hybridized carbons (Fsp3) is 0.562. The summed E-state index contributed by atoms with van der Waals surface area (Å²) in [5, 5.41) is 10.9. The number of morpholine rings is 1. The summed E-state index contributed by atoms with van der Waals surface area (Å²) in [7, 11) is 0. The van der Waals surface area contributed by atoms with Crippen LogP contribution in [0.15, 0.2) is 16.6 Å². The first-order chi connectivity index (χ1) is 12.0. The maximum atomic E-state index is 14.3. The normalized spacial score (nSPS) is 19.8. The van der Waals surface area contributed by atoms with Crippen LogP contribution in [0.1, 0.15) is 23.2 Å². The fourth-order valence-electron chi connectivity index (χ4n) is 3.41. The standard InChI is InChI=1S/C16H19BrFN3O4/c17-11-9-13(15(18)14(10-11)21(23)24)16(22)20-3-1-12(2-4-20)19-5-7-25-8-6-19/h9-10,12H,1-8H2. The van der Waals surface area contributed by atoms with E-state index in [4.69, 9.17) is 4.74 Å². The molecule has 0 radical (unpaired) electrons. The topological polar surface area (TPSA) is 75.9 Å². The fourth-order valence-corrected chi connectivity index (χ4v) is 3.86. The summed E-state index contributed by atoms with van der Waals surface area (Å²) in [6, 6.07) is 2.77. The minimum Gasteiger partial charge on any atom is -0.379 e. The number of rotatable bonds is 3. The molecule has 3 rings (SSSR count). The van der Waals surface area contributed by atoms with Gasteiger partial charge in [-0.25, -0.2) is 0 Å². The molecule has 1 aromatic carbocycles. The molecule has 25 heavy (non-hydrogen) atoms. The van der Waals surface area contributed by atoms with E-state index in [1.165, 1.54) is 6.07 Å². The van der Waals surface area contributed by atoms with Crippen LogP contribution >= 0.6 is 15.9 Å². The zero-order valence-corrected chi connectivity index (χ0v) is 15.2. The minimum absolute atomic E-state index is 0.258. The highest BCUT2D eigenvalue weighted by atomic mass is 79.9. The summed E-state index contributed by atoms with van der Waals surface area (Å²) < 4.78 is 20.0. The van der Waals surface area contributed by atoms with Crippen molar-refractivity contribution in [3.63, 3.8) is 0 Å². The smallest absolute Gasteiger partial charge is 0.306 e. The van der Waals surface area contributed by atoms with Gasteiger partial charge in [0.05, 0.1) is 23.7 Å². The van der Waals surface area contributed by atoms with Crippen molar-refractivity contribution >= 4 is 27.5 Å². The number of nitro groups is 1. The second kappa shape index (κ2) is 7.76. The Morgan fingerprint density at radius 3 is 2.48 bits per heavy atom. The highest BCUT2D eigenvalue weighted by Crippen LogP contribution is 2.28. The molecule has 0 unspecified atom stereocenters. The van der Waals surface area contributed by atoms with Crippen LogP contribution in [0.3, 0.4) is 0 Å². The van der Waals surface area contributed by atoms with E-state index in [2.05, 4.69) is 20.8 Å². The van der Waals surface area contributed by atoms with E-state index in [0.717, 1.165) is 45.2 Å². The predicted molar refractivity (Wildman–Crippen MR) is 92.1 cm³/mol. The molecule has 0 saturated carbocycles. The number of amides is 1. The predicted octanol–water partition coefficient (Wildman–Crippen LogP) is 2.43. The zero-order chi connectivity index (χ0) is 18.0. The molecule has 136 valence electrons. The zero-order valence-electron chi connectivity index (χ0n) is 13.6. The van der Waals surface area contributed by atoms with E-state index < -0.39 is 22.3 Å². The molecule has 0 N–H and O–H groups in total. The van der Waals surface area contributed by atoms with Crippen molar-refractivity contribution < 1.29 is 18.8 Å². The molecule has 2 saturated heterocycles. The molecule has 2 aliphatic heterocycles. The van der Waals surface area contributed by atoms with Gasteiger partial charge in [0.1, 0.15) is 0 Å². The molecule has 0 bridgehead atoms. The maximum absolute atomic E-state index is 14.3. The number of benzene rings is 1. The molecule has 2 aliphatic rings. The molecule has 1 aromatic rings. The molecule has 0 aromatic heterocycles. The second-order valence-electron chi connectivity index (χ2n) is 6.22. The molecule has 2 heterocycles. The van der Waals surface area contributed by atoms with Crippen molar-refractivity contribution in [2.75, 3.05) is 39.4 Å². The highest BCUT2D eigenvalue weighted by molar-refractivity contribution is 9.10. The van der Waals surface area contributed by atoms with Gasteiger partial charge in [-0.15, -0.1) is 0 Å². The van der Waals surface area contributed by atoms with Crippen LogP contribution < -0.4 is 0 Å². The van der Waals surface area contributed by atoms with Crippen molar-refractivity contribution in [2.24, 2.45) is 0 Å². The lowest BCUT2D eigenvalue weighted by Crippen LogP contribution is -2.50. The van der Waals surface area contributed by atoms with Gasteiger partial charge < -0.3 is 9.64 Å². The summed E-state index contributed by atoms with van der Waals surface area (Å²) in [6.45, 7) is 4.27. The average molecular weight is 416 g/mol. The van der Waals surface area contributed by atoms with Gasteiger partial charge >= 0.3 is 5.69 Å². The lowest BCUT2D eigenvalue weighted by Gasteiger charge is -2.40. The molecule has 2 fully saturated rings. The van der Waals surface area contributed by atoms with Crippen LogP contribution in [-0.2, 0) is 4.74 Å². The maximum Gasteiger partial charge on any atom is 0.306 e. The Balaban J connectivity index is 1.69. The van der Waals surface area contributed by atoms with Crippen molar-refractivity contribution in [3.05, 3.63) is 38.1 Å². The summed E-state index contributed by atoms with van der Waals surface area (Å²) in [4.78, 5) is 26.7. The third kappa shape index (κ3) is 3.99. The van der Waals surface area contributed by atoms with Gasteiger partial charge in [-0.05, 0) is 18.9 Å². The van der Waals surface area contributed by atoms with Crippen molar-refractivity contribution in [3.8, 4) is 0 Å². The number of carbonyl (C=O) groups excluding carboxylic acids is 1. The second-order valence-corrected chi connectivity index (χ2v) is 7.13. The van der Waals surface area contributed by atoms with Crippen LogP contribution in [0.4, 0.5) is 10.1 Å². The number of hydrogen-bond acceptors (Lipinski definition) is 5. The molecular formula is C16H19BrFN3O4. The summed E-state index contributed by atoms with van der Waals surface area (Å²) in [5.41, 5.74) is -0.952. The Morgan fingerprint density at radius 1 is 1.24 bits per heavy atom. The molecule has 7 nitrogen and oxygen atoms in total. The van der Waals surface area contributed by atoms with Crippen LogP contribution in [0.25, 0.3) is 0 Å². The van der Waals surface area contributed by atoms with Crippen molar-refractivity contribution in [1.29, 1.82) is 0 Å². The lowest BCUT2D eigenvalue weighted by atomic mass is 10.0. The highest BCUT2D eigenvalue weighted by Gasteiger charge is 2.31. The van der Waals surface area contributed by atoms with E-state index >= 15 is 0 Å². The van der Waals surface area contributed by atoms with Crippen LogP contribution in [-0.4, -0.2) is 66.1 Å². The Kier molecular flexibility index (Phi) is 5.65. The minimum atomic E-state index is -1.08. The summed E-state index contributed by atoms with van der Waals surface area (Å²) in [6.07, 6.45) is 1.62. The molecule has 0 spiro atoms. The summed E-state index contributed by atoms with van der Waals surface area (Å²) >= 11 is 3.11. The van der Waals surface area contributed by atoms with E-state index in [1.54, 1.807) is 4.90 Å². The van der Waals surface area contributed by atoms with Gasteiger partial charge in [0.2, 0.25) is 5.82 Å². The lowest BCUT2D eigenvalue weighted by molar-refractivity contribution is -0.387. The first-order valence-electron chi connectivity index (χ1n) is 8.22. The number of carbonyl (C=O) groups is 1. The van der Waals surface area contributed by atoms with Crippen LogP contribution in [0.2, 0.25) is 0 Å². The molecular weight excluding hydrogens is 397 g/mol. The number of nitro benzene ring substituents is 1. The third-order valence-electron chi connectivity index (χ3n) is 4.76. The van der Waals surface area contributed by atoms with Gasteiger partial charge in [0.15, 0.2) is 0 Å². The largest absolute Gasteiger partial charge is 0.379 e. The number of piperidine rings is 1. The van der Waals surface area contributed by atoms with E-state index in [1.807, 2.05) is 0 Å². The van der Waals surface area contributed by atoms with Crippen LogP contribution in [0, 0.1) is 15.9 Å². The van der Waals surface area contributed by atoms with Crippen molar-refractivity contribution in [1.82, 2.24) is 9.80 Å². The SMILES string of the molecule is O=C(c1cc(Br)cc([N+](=O)[O-])c1F)N1CCC(N2CCOCC2)CC1. The third-order valence-corrected chi connectivity index (χ3v) is 5.22. The average Bonchev–Trinajstić information content (AvgIpc) is 2.63. The Hall–Kier alpha value is -1.58. The van der Waals surface area contributed by atoms with E-state index in [0.29, 0.717) is 23.6 Å². The number of nitrogens with zero attached hydrogens (tertiary/aromatic N) is 3. The monoisotopic (exact) mass is 415 g/mol. The Morgan fingerprint density at radius 2 is 1.88 bits per heavy atom.